The number of amides is 1. The van der Waals surface area contributed by atoms with Gasteiger partial charge in [-0.2, -0.15) is 0 Å². The number of piperazine rings is 1. The van der Waals surface area contributed by atoms with E-state index in [4.69, 9.17) is 27.7 Å². The van der Waals surface area contributed by atoms with Gasteiger partial charge in [0.15, 0.2) is 11.5 Å². The molecule has 0 unspecified atom stereocenters. The Hall–Kier alpha value is -2.41. The molecule has 150 valence electrons. The lowest BCUT2D eigenvalue weighted by atomic mass is 10.1. The van der Waals surface area contributed by atoms with Crippen molar-refractivity contribution in [2.45, 2.75) is 6.54 Å². The van der Waals surface area contributed by atoms with Crippen molar-refractivity contribution in [1.29, 1.82) is 0 Å². The van der Waals surface area contributed by atoms with E-state index in [9.17, 15) is 9.18 Å². The molecule has 29 heavy (non-hydrogen) atoms. The molecule has 1 saturated heterocycles. The average Bonchev–Trinajstić information content (AvgIpc) is 3.21. The van der Waals surface area contributed by atoms with Gasteiger partial charge in [0.1, 0.15) is 5.82 Å². The topological polar surface area (TPSA) is 49.6 Å². The quantitative estimate of drug-likeness (QED) is 0.595. The highest BCUT2D eigenvalue weighted by molar-refractivity contribution is 6.35. The van der Waals surface area contributed by atoms with Gasteiger partial charge in [0.05, 0.1) is 0 Å². The zero-order chi connectivity index (χ0) is 20.4. The molecule has 3 aromatic rings. The van der Waals surface area contributed by atoms with Gasteiger partial charge in [-0.1, -0.05) is 34.4 Å². The summed E-state index contributed by atoms with van der Waals surface area (Å²) >= 11 is 12.5. The van der Waals surface area contributed by atoms with Gasteiger partial charge in [0, 0.05) is 60.0 Å². The predicted octanol–water partition coefficient (Wildman–Crippen LogP) is 4.75. The number of carbonyl (C=O) groups excluding carboxylic acids is 1. The SMILES string of the molecule is O=C(c1cc(-c2ccc(F)cc2)on1)N1CCN(Cc2c(Cl)cccc2Cl)CC1. The molecule has 1 aliphatic rings. The Labute approximate surface area is 177 Å². The molecule has 1 aliphatic heterocycles. The van der Waals surface area contributed by atoms with Crippen LogP contribution in [0.4, 0.5) is 4.39 Å². The molecule has 0 N–H and O–H groups in total. The molecule has 0 aliphatic carbocycles. The van der Waals surface area contributed by atoms with Crippen LogP contribution in [0.2, 0.25) is 10.0 Å². The number of halogens is 3. The van der Waals surface area contributed by atoms with E-state index in [2.05, 4.69) is 10.1 Å². The van der Waals surface area contributed by atoms with Crippen LogP contribution in [-0.4, -0.2) is 47.0 Å². The van der Waals surface area contributed by atoms with Gasteiger partial charge in [-0.05, 0) is 36.4 Å². The van der Waals surface area contributed by atoms with Crippen LogP contribution in [0.25, 0.3) is 11.3 Å². The molecule has 0 atom stereocenters. The molecule has 0 bridgehead atoms. The molecule has 2 aromatic carbocycles. The molecule has 0 spiro atoms. The van der Waals surface area contributed by atoms with Crippen LogP contribution in [0.3, 0.4) is 0 Å². The largest absolute Gasteiger partial charge is 0.355 e. The van der Waals surface area contributed by atoms with Crippen LogP contribution in [0.1, 0.15) is 16.1 Å². The van der Waals surface area contributed by atoms with E-state index < -0.39 is 0 Å². The van der Waals surface area contributed by atoms with E-state index in [-0.39, 0.29) is 17.4 Å². The summed E-state index contributed by atoms with van der Waals surface area (Å²) in [6.07, 6.45) is 0. The third-order valence-electron chi connectivity index (χ3n) is 4.96. The number of carbonyl (C=O) groups is 1. The Kier molecular flexibility index (Phi) is 5.85. The van der Waals surface area contributed by atoms with Crippen molar-refractivity contribution >= 4 is 29.1 Å². The van der Waals surface area contributed by atoms with E-state index in [0.717, 1.165) is 5.56 Å². The molecular formula is C21H18Cl2FN3O2. The molecular weight excluding hydrogens is 416 g/mol. The minimum Gasteiger partial charge on any atom is -0.355 e. The van der Waals surface area contributed by atoms with Gasteiger partial charge in [-0.25, -0.2) is 4.39 Å². The van der Waals surface area contributed by atoms with Gasteiger partial charge in [0.2, 0.25) is 0 Å². The average molecular weight is 434 g/mol. The second kappa shape index (κ2) is 8.53. The number of hydrogen-bond donors (Lipinski definition) is 0. The number of aromatic nitrogens is 1. The molecule has 0 saturated carbocycles. The number of rotatable bonds is 4. The third kappa shape index (κ3) is 4.45. The molecule has 1 amide bonds. The van der Waals surface area contributed by atoms with Crippen molar-refractivity contribution in [2.24, 2.45) is 0 Å². The fraction of sp³-hybridized carbons (Fsp3) is 0.238. The fourth-order valence-corrected chi connectivity index (χ4v) is 3.82. The Morgan fingerprint density at radius 3 is 2.34 bits per heavy atom. The maximum Gasteiger partial charge on any atom is 0.276 e. The van der Waals surface area contributed by atoms with Crippen LogP contribution < -0.4 is 0 Å². The monoisotopic (exact) mass is 433 g/mol. The smallest absolute Gasteiger partial charge is 0.276 e. The van der Waals surface area contributed by atoms with Crippen molar-refractivity contribution in [3.8, 4) is 11.3 Å². The summed E-state index contributed by atoms with van der Waals surface area (Å²) in [4.78, 5) is 16.7. The highest BCUT2D eigenvalue weighted by atomic mass is 35.5. The summed E-state index contributed by atoms with van der Waals surface area (Å²) in [5, 5.41) is 5.18. The zero-order valence-corrected chi connectivity index (χ0v) is 17.0. The minimum absolute atomic E-state index is 0.183. The Morgan fingerprint density at radius 2 is 1.69 bits per heavy atom. The van der Waals surface area contributed by atoms with E-state index in [1.165, 1.54) is 12.1 Å². The van der Waals surface area contributed by atoms with Crippen molar-refractivity contribution < 1.29 is 13.7 Å². The summed E-state index contributed by atoms with van der Waals surface area (Å²) < 4.78 is 18.3. The summed E-state index contributed by atoms with van der Waals surface area (Å²) in [7, 11) is 0. The first kappa shape index (κ1) is 19.9. The van der Waals surface area contributed by atoms with Crippen molar-refractivity contribution in [2.75, 3.05) is 26.2 Å². The molecule has 1 fully saturated rings. The van der Waals surface area contributed by atoms with Crippen molar-refractivity contribution in [3.05, 3.63) is 75.7 Å². The van der Waals surface area contributed by atoms with Crippen LogP contribution in [-0.2, 0) is 6.54 Å². The van der Waals surface area contributed by atoms with Crippen molar-refractivity contribution in [1.82, 2.24) is 15.0 Å². The van der Waals surface area contributed by atoms with Crippen LogP contribution in [0, 0.1) is 5.82 Å². The van der Waals surface area contributed by atoms with Gasteiger partial charge < -0.3 is 9.42 Å². The van der Waals surface area contributed by atoms with Crippen molar-refractivity contribution in [3.63, 3.8) is 0 Å². The molecule has 4 rings (SSSR count). The van der Waals surface area contributed by atoms with Gasteiger partial charge in [-0.3, -0.25) is 9.69 Å². The second-order valence-corrected chi connectivity index (χ2v) is 7.67. The van der Waals surface area contributed by atoms with Gasteiger partial charge in [-0.15, -0.1) is 0 Å². The summed E-state index contributed by atoms with van der Waals surface area (Å²) in [5.41, 5.74) is 1.81. The molecule has 2 heterocycles. The molecule has 1 aromatic heterocycles. The van der Waals surface area contributed by atoms with Gasteiger partial charge >= 0.3 is 0 Å². The van der Waals surface area contributed by atoms with Crippen LogP contribution in [0.5, 0.6) is 0 Å². The van der Waals surface area contributed by atoms with E-state index in [1.807, 2.05) is 18.2 Å². The van der Waals surface area contributed by atoms with E-state index in [1.54, 1.807) is 23.1 Å². The first-order valence-electron chi connectivity index (χ1n) is 9.18. The van der Waals surface area contributed by atoms with Crippen LogP contribution >= 0.6 is 23.2 Å². The zero-order valence-electron chi connectivity index (χ0n) is 15.4. The maximum absolute atomic E-state index is 13.1. The fourth-order valence-electron chi connectivity index (χ4n) is 3.30. The first-order chi connectivity index (χ1) is 14.0. The second-order valence-electron chi connectivity index (χ2n) is 6.85. The lowest BCUT2D eigenvalue weighted by Crippen LogP contribution is -2.48. The maximum atomic E-state index is 13.1. The lowest BCUT2D eigenvalue weighted by Gasteiger charge is -2.34. The summed E-state index contributed by atoms with van der Waals surface area (Å²) in [6, 6.07) is 12.9. The Bertz CT molecular complexity index is 995. The first-order valence-corrected chi connectivity index (χ1v) is 9.94. The standard InChI is InChI=1S/C21H18Cl2FN3O2/c22-17-2-1-3-18(23)16(17)13-26-8-10-27(11-9-26)21(28)19-12-20(29-25-19)14-4-6-15(24)7-5-14/h1-7,12H,8-11,13H2. The van der Waals surface area contributed by atoms with Crippen LogP contribution in [0.15, 0.2) is 53.1 Å². The third-order valence-corrected chi connectivity index (χ3v) is 5.67. The summed E-state index contributed by atoms with van der Waals surface area (Å²) in [6.45, 7) is 3.18. The van der Waals surface area contributed by atoms with E-state index >= 15 is 0 Å². The minimum atomic E-state index is -0.333. The summed E-state index contributed by atoms with van der Waals surface area (Å²) in [5.74, 6) is -0.0848. The Morgan fingerprint density at radius 1 is 1.03 bits per heavy atom. The normalized spacial score (nSPS) is 14.9. The number of hydrogen-bond acceptors (Lipinski definition) is 4. The molecule has 8 heteroatoms. The molecule has 0 radical (unpaired) electrons. The number of nitrogens with zero attached hydrogens (tertiary/aromatic N) is 3. The van der Waals surface area contributed by atoms with Gasteiger partial charge in [0.25, 0.3) is 5.91 Å². The van der Waals surface area contributed by atoms with E-state index in [0.29, 0.717) is 54.1 Å². The lowest BCUT2D eigenvalue weighted by molar-refractivity contribution is 0.0618. The Balaban J connectivity index is 1.37. The predicted molar refractivity (Wildman–Crippen MR) is 110 cm³/mol. The highest BCUT2D eigenvalue weighted by Gasteiger charge is 2.25. The molecule has 5 nitrogen and oxygen atoms in total. The number of benzene rings is 2. The highest BCUT2D eigenvalue weighted by Crippen LogP contribution is 2.26.